The minimum Gasteiger partial charge on any atom is -0.469 e. The second-order valence-electron chi connectivity index (χ2n) is 5.01. The maximum Gasteiger partial charge on any atom is 0.305 e. The minimum absolute atomic E-state index is 0.00674. The first-order valence-electron chi connectivity index (χ1n) is 6.47. The van der Waals surface area contributed by atoms with Crippen LogP contribution in [0, 0.1) is 5.92 Å². The fourth-order valence-electron chi connectivity index (χ4n) is 1.46. The summed E-state index contributed by atoms with van der Waals surface area (Å²) in [5.74, 6) is -0.106. The molecular formula is C12H26N2O4S. The molecule has 0 heterocycles. The predicted molar refractivity (Wildman–Crippen MR) is 75.1 cm³/mol. The minimum atomic E-state index is -3.32. The average molecular weight is 294 g/mol. The number of sulfonamides is 1. The number of esters is 1. The number of methoxy groups -OCH3 is 1. The largest absolute Gasteiger partial charge is 0.469 e. The number of rotatable bonds is 9. The van der Waals surface area contributed by atoms with E-state index in [9.17, 15) is 13.2 Å². The molecule has 6 nitrogen and oxygen atoms in total. The van der Waals surface area contributed by atoms with Crippen molar-refractivity contribution in [1.29, 1.82) is 0 Å². The molecule has 0 amide bonds. The van der Waals surface area contributed by atoms with Gasteiger partial charge in [-0.05, 0) is 18.8 Å². The van der Waals surface area contributed by atoms with Crippen molar-refractivity contribution in [2.45, 2.75) is 39.2 Å². The van der Waals surface area contributed by atoms with E-state index in [4.69, 9.17) is 5.73 Å². The van der Waals surface area contributed by atoms with E-state index in [1.165, 1.54) is 11.4 Å². The van der Waals surface area contributed by atoms with Crippen LogP contribution in [0.25, 0.3) is 0 Å². The van der Waals surface area contributed by atoms with Gasteiger partial charge in [0, 0.05) is 26.1 Å². The highest BCUT2D eigenvalue weighted by molar-refractivity contribution is 7.89. The summed E-state index contributed by atoms with van der Waals surface area (Å²) in [6.45, 7) is 4.42. The lowest BCUT2D eigenvalue weighted by molar-refractivity contribution is -0.140. The Morgan fingerprint density at radius 2 is 1.95 bits per heavy atom. The molecule has 1 atom stereocenters. The third kappa shape index (κ3) is 7.49. The van der Waals surface area contributed by atoms with Gasteiger partial charge in [0.25, 0.3) is 0 Å². The second kappa shape index (κ2) is 8.50. The van der Waals surface area contributed by atoms with Crippen LogP contribution < -0.4 is 5.73 Å². The van der Waals surface area contributed by atoms with Crippen molar-refractivity contribution in [1.82, 2.24) is 4.31 Å². The summed E-state index contributed by atoms with van der Waals surface area (Å²) >= 11 is 0. The topological polar surface area (TPSA) is 89.7 Å². The van der Waals surface area contributed by atoms with Crippen LogP contribution >= 0.6 is 0 Å². The number of carbonyl (C=O) groups excluding carboxylic acids is 1. The molecule has 2 N–H and O–H groups in total. The van der Waals surface area contributed by atoms with E-state index >= 15 is 0 Å². The molecule has 7 heteroatoms. The van der Waals surface area contributed by atoms with Gasteiger partial charge in [0.05, 0.1) is 12.9 Å². The van der Waals surface area contributed by atoms with Crippen molar-refractivity contribution < 1.29 is 17.9 Å². The van der Waals surface area contributed by atoms with Crippen molar-refractivity contribution in [3.05, 3.63) is 0 Å². The van der Waals surface area contributed by atoms with E-state index < -0.39 is 10.0 Å². The smallest absolute Gasteiger partial charge is 0.305 e. The number of hydrogen-bond donors (Lipinski definition) is 1. The highest BCUT2D eigenvalue weighted by Gasteiger charge is 2.19. The molecule has 0 spiro atoms. The summed E-state index contributed by atoms with van der Waals surface area (Å²) in [5, 5.41) is 0. The molecule has 0 aromatic carbocycles. The molecule has 0 aliphatic rings. The molecule has 0 aromatic rings. The van der Waals surface area contributed by atoms with Crippen LogP contribution in [0.3, 0.4) is 0 Å². The van der Waals surface area contributed by atoms with Gasteiger partial charge in [-0.15, -0.1) is 0 Å². The summed E-state index contributed by atoms with van der Waals surface area (Å²) in [6.07, 6.45) is 1.02. The van der Waals surface area contributed by atoms with Crippen LogP contribution in [0.5, 0.6) is 0 Å². The van der Waals surface area contributed by atoms with E-state index in [0.29, 0.717) is 18.9 Å². The highest BCUT2D eigenvalue weighted by atomic mass is 32.2. The van der Waals surface area contributed by atoms with Gasteiger partial charge in [-0.2, -0.15) is 0 Å². The zero-order valence-electron chi connectivity index (χ0n) is 12.3. The number of ether oxygens (including phenoxy) is 1. The lowest BCUT2D eigenvalue weighted by Gasteiger charge is -2.21. The van der Waals surface area contributed by atoms with Gasteiger partial charge in [0.2, 0.25) is 10.0 Å². The van der Waals surface area contributed by atoms with Gasteiger partial charge in [-0.1, -0.05) is 13.8 Å². The maximum atomic E-state index is 11.9. The van der Waals surface area contributed by atoms with Gasteiger partial charge < -0.3 is 10.5 Å². The SMILES string of the molecule is COC(=O)CCCS(=O)(=O)N(C)CCC(N)C(C)C. The quantitative estimate of drug-likeness (QED) is 0.628. The molecular weight excluding hydrogens is 268 g/mol. The molecule has 0 aromatic heterocycles. The molecule has 0 fully saturated rings. The summed E-state index contributed by atoms with van der Waals surface area (Å²) in [6, 6.07) is -0.00674. The number of hydrogen-bond acceptors (Lipinski definition) is 5. The van der Waals surface area contributed by atoms with E-state index in [2.05, 4.69) is 4.74 Å². The fourth-order valence-corrected chi connectivity index (χ4v) is 2.66. The lowest BCUT2D eigenvalue weighted by Crippen LogP contribution is -2.35. The van der Waals surface area contributed by atoms with Crippen molar-refractivity contribution >= 4 is 16.0 Å². The summed E-state index contributed by atoms with van der Waals surface area (Å²) in [4.78, 5) is 10.9. The van der Waals surface area contributed by atoms with Crippen LogP contribution in [0.1, 0.15) is 33.1 Å². The first-order valence-corrected chi connectivity index (χ1v) is 8.08. The van der Waals surface area contributed by atoms with Crippen molar-refractivity contribution in [3.63, 3.8) is 0 Å². The molecule has 0 aliphatic heterocycles. The summed E-state index contributed by atoms with van der Waals surface area (Å²) in [5.41, 5.74) is 5.88. The number of nitrogens with two attached hydrogens (primary N) is 1. The second-order valence-corrected chi connectivity index (χ2v) is 7.21. The molecule has 0 aliphatic carbocycles. The Morgan fingerprint density at radius 1 is 1.37 bits per heavy atom. The predicted octanol–water partition coefficient (Wildman–Crippen LogP) is 0.575. The van der Waals surface area contributed by atoms with E-state index in [0.717, 1.165) is 0 Å². The monoisotopic (exact) mass is 294 g/mol. The Kier molecular flexibility index (Phi) is 8.20. The summed E-state index contributed by atoms with van der Waals surface area (Å²) < 4.78 is 29.6. The average Bonchev–Trinajstić information content (AvgIpc) is 2.34. The standard InChI is InChI=1S/C12H26N2O4S/c1-10(2)11(13)7-8-14(3)19(16,17)9-5-6-12(15)18-4/h10-11H,5-9,13H2,1-4H3. The lowest BCUT2D eigenvalue weighted by atomic mass is 10.0. The van der Waals surface area contributed by atoms with Gasteiger partial charge in [0.1, 0.15) is 0 Å². The van der Waals surface area contributed by atoms with Gasteiger partial charge in [-0.3, -0.25) is 4.79 Å². The highest BCUT2D eigenvalue weighted by Crippen LogP contribution is 2.08. The first-order chi connectivity index (χ1) is 8.70. The Labute approximate surface area is 116 Å². The van der Waals surface area contributed by atoms with Crippen LogP contribution in [-0.4, -0.2) is 51.2 Å². The van der Waals surface area contributed by atoms with Gasteiger partial charge in [0.15, 0.2) is 0 Å². The molecule has 0 saturated carbocycles. The van der Waals surface area contributed by atoms with Crippen LogP contribution in [0.15, 0.2) is 0 Å². The molecule has 0 bridgehead atoms. The Bertz CT molecular complexity index is 368. The van der Waals surface area contributed by atoms with Gasteiger partial charge >= 0.3 is 5.97 Å². The van der Waals surface area contributed by atoms with Crippen LogP contribution in [0.2, 0.25) is 0 Å². The molecule has 0 saturated heterocycles. The van der Waals surface area contributed by atoms with Crippen molar-refractivity contribution in [2.24, 2.45) is 11.7 Å². The van der Waals surface area contributed by atoms with Gasteiger partial charge in [-0.25, -0.2) is 12.7 Å². The Hall–Kier alpha value is -0.660. The first kappa shape index (κ1) is 18.3. The molecule has 19 heavy (non-hydrogen) atoms. The normalized spacial score (nSPS) is 13.8. The molecule has 114 valence electrons. The third-order valence-electron chi connectivity index (χ3n) is 3.12. The molecule has 1 unspecified atom stereocenters. The van der Waals surface area contributed by atoms with Crippen LogP contribution in [0.4, 0.5) is 0 Å². The number of nitrogens with zero attached hydrogens (tertiary/aromatic N) is 1. The zero-order chi connectivity index (χ0) is 15.1. The van der Waals surface area contributed by atoms with Crippen molar-refractivity contribution in [3.8, 4) is 0 Å². The molecule has 0 radical (unpaired) electrons. The summed E-state index contributed by atoms with van der Waals surface area (Å²) in [7, 11) is -0.485. The number of carbonyl (C=O) groups is 1. The molecule has 0 rings (SSSR count). The van der Waals surface area contributed by atoms with E-state index in [1.807, 2.05) is 13.8 Å². The Morgan fingerprint density at radius 3 is 2.42 bits per heavy atom. The van der Waals surface area contributed by atoms with Crippen molar-refractivity contribution in [2.75, 3.05) is 26.5 Å². The third-order valence-corrected chi connectivity index (χ3v) is 5.06. The fraction of sp³-hybridized carbons (Fsp3) is 0.917. The Balaban J connectivity index is 4.14. The zero-order valence-corrected chi connectivity index (χ0v) is 13.1. The van der Waals surface area contributed by atoms with E-state index in [-0.39, 0.29) is 30.6 Å². The maximum absolute atomic E-state index is 11.9. The van der Waals surface area contributed by atoms with E-state index in [1.54, 1.807) is 7.05 Å². The van der Waals surface area contributed by atoms with Crippen LogP contribution in [-0.2, 0) is 19.6 Å².